The molecule has 0 saturated carbocycles. The molecular weight excluding hydrogens is 192 g/mol. The van der Waals surface area contributed by atoms with Crippen molar-refractivity contribution in [1.29, 1.82) is 0 Å². The standard InChI is InChI=1S/C16H18/c1-13(12-15-8-6-7-9-15)14(2)16-10-4-3-5-11-16/h3-8,10-11H,9,12H2,1-2H3/b14-13+. The molecule has 0 aliphatic heterocycles. The third-order valence-corrected chi connectivity index (χ3v) is 3.19. The number of hydrogen-bond donors (Lipinski definition) is 0. The number of hydrogen-bond acceptors (Lipinski definition) is 0. The average Bonchev–Trinajstić information content (AvgIpc) is 2.82. The van der Waals surface area contributed by atoms with Crippen LogP contribution in [0.1, 0.15) is 32.3 Å². The topological polar surface area (TPSA) is 0 Å². The summed E-state index contributed by atoms with van der Waals surface area (Å²) in [5.74, 6) is 0. The van der Waals surface area contributed by atoms with E-state index in [1.54, 1.807) is 0 Å². The highest BCUT2D eigenvalue weighted by atomic mass is 14.1. The minimum absolute atomic E-state index is 1.10. The molecule has 0 unspecified atom stereocenters. The second-order valence-corrected chi connectivity index (χ2v) is 4.41. The molecule has 0 spiro atoms. The fourth-order valence-corrected chi connectivity index (χ4v) is 2.03. The van der Waals surface area contributed by atoms with E-state index in [0.29, 0.717) is 0 Å². The lowest BCUT2D eigenvalue weighted by molar-refractivity contribution is 1.06. The summed E-state index contributed by atoms with van der Waals surface area (Å²) in [4.78, 5) is 0. The lowest BCUT2D eigenvalue weighted by atomic mass is 9.97. The third kappa shape index (κ3) is 2.52. The van der Waals surface area contributed by atoms with Crippen LogP contribution in [-0.4, -0.2) is 0 Å². The summed E-state index contributed by atoms with van der Waals surface area (Å²) in [5.41, 5.74) is 5.74. The molecule has 0 heteroatoms. The summed E-state index contributed by atoms with van der Waals surface area (Å²) in [6.07, 6.45) is 8.84. The first-order chi connectivity index (χ1) is 7.77. The van der Waals surface area contributed by atoms with E-state index < -0.39 is 0 Å². The van der Waals surface area contributed by atoms with Crippen molar-refractivity contribution in [1.82, 2.24) is 0 Å². The van der Waals surface area contributed by atoms with Crippen LogP contribution in [0, 0.1) is 0 Å². The lowest BCUT2D eigenvalue weighted by Crippen LogP contribution is -1.87. The lowest BCUT2D eigenvalue weighted by Gasteiger charge is -2.09. The fraction of sp³-hybridized carbons (Fsp3) is 0.250. The van der Waals surface area contributed by atoms with E-state index in [2.05, 4.69) is 62.4 Å². The van der Waals surface area contributed by atoms with Crippen molar-refractivity contribution in [3.63, 3.8) is 0 Å². The average molecular weight is 210 g/mol. The first kappa shape index (κ1) is 10.9. The molecular formula is C16H18. The fourth-order valence-electron chi connectivity index (χ4n) is 2.03. The van der Waals surface area contributed by atoms with Gasteiger partial charge in [0.1, 0.15) is 0 Å². The minimum Gasteiger partial charge on any atom is -0.0804 e. The normalized spacial score (nSPS) is 16.0. The summed E-state index contributed by atoms with van der Waals surface area (Å²) >= 11 is 0. The van der Waals surface area contributed by atoms with E-state index in [9.17, 15) is 0 Å². The van der Waals surface area contributed by atoms with Gasteiger partial charge in [-0.1, -0.05) is 59.7 Å². The van der Waals surface area contributed by atoms with Crippen molar-refractivity contribution < 1.29 is 0 Å². The van der Waals surface area contributed by atoms with Gasteiger partial charge in [0.25, 0.3) is 0 Å². The monoisotopic (exact) mass is 210 g/mol. The van der Waals surface area contributed by atoms with Crippen molar-refractivity contribution in [3.8, 4) is 0 Å². The zero-order valence-corrected chi connectivity index (χ0v) is 10.0. The highest BCUT2D eigenvalue weighted by Gasteiger charge is 2.04. The van der Waals surface area contributed by atoms with Crippen molar-refractivity contribution in [2.24, 2.45) is 0 Å². The van der Waals surface area contributed by atoms with Crippen LogP contribution in [0.15, 0.2) is 59.7 Å². The summed E-state index contributed by atoms with van der Waals surface area (Å²) < 4.78 is 0. The molecule has 0 bridgehead atoms. The second-order valence-electron chi connectivity index (χ2n) is 4.41. The summed E-state index contributed by atoms with van der Waals surface area (Å²) in [6.45, 7) is 4.45. The Kier molecular flexibility index (Phi) is 3.40. The van der Waals surface area contributed by atoms with Crippen LogP contribution in [0.3, 0.4) is 0 Å². The third-order valence-electron chi connectivity index (χ3n) is 3.19. The van der Waals surface area contributed by atoms with Crippen LogP contribution < -0.4 is 0 Å². The van der Waals surface area contributed by atoms with Gasteiger partial charge in [-0.05, 0) is 37.8 Å². The summed E-state index contributed by atoms with van der Waals surface area (Å²) in [7, 11) is 0. The molecule has 0 radical (unpaired) electrons. The zero-order chi connectivity index (χ0) is 11.4. The SMILES string of the molecule is C/C(CC1=CC=CC1)=C(/C)c1ccccc1. The molecule has 0 fully saturated rings. The molecule has 1 aromatic rings. The molecule has 0 aromatic heterocycles. The maximum absolute atomic E-state index is 2.24. The van der Waals surface area contributed by atoms with Gasteiger partial charge in [0.05, 0.1) is 0 Å². The van der Waals surface area contributed by atoms with Gasteiger partial charge < -0.3 is 0 Å². The molecule has 1 aromatic carbocycles. The van der Waals surface area contributed by atoms with Gasteiger partial charge in [0.15, 0.2) is 0 Å². The Labute approximate surface area is 98.0 Å². The Hall–Kier alpha value is -1.56. The molecule has 2 rings (SSSR count). The predicted octanol–water partition coefficient (Wildman–Crippen LogP) is 4.76. The van der Waals surface area contributed by atoms with E-state index in [4.69, 9.17) is 0 Å². The van der Waals surface area contributed by atoms with Crippen LogP contribution >= 0.6 is 0 Å². The molecule has 0 saturated heterocycles. The number of rotatable bonds is 3. The number of benzene rings is 1. The van der Waals surface area contributed by atoms with Crippen molar-refractivity contribution in [2.45, 2.75) is 26.7 Å². The van der Waals surface area contributed by atoms with Crippen LogP contribution in [0.25, 0.3) is 5.57 Å². The smallest absolute Gasteiger partial charge is 0.00991 e. The molecule has 82 valence electrons. The van der Waals surface area contributed by atoms with Crippen molar-refractivity contribution >= 4 is 5.57 Å². The van der Waals surface area contributed by atoms with E-state index >= 15 is 0 Å². The van der Waals surface area contributed by atoms with Gasteiger partial charge in [-0.2, -0.15) is 0 Å². The van der Waals surface area contributed by atoms with Gasteiger partial charge in [-0.3, -0.25) is 0 Å². The molecule has 1 aliphatic carbocycles. The molecule has 0 N–H and O–H groups in total. The van der Waals surface area contributed by atoms with E-state index in [1.165, 1.54) is 22.3 Å². The molecule has 0 atom stereocenters. The highest BCUT2D eigenvalue weighted by Crippen LogP contribution is 2.25. The van der Waals surface area contributed by atoms with Gasteiger partial charge in [-0.15, -0.1) is 0 Å². The van der Waals surface area contributed by atoms with Gasteiger partial charge in [0.2, 0.25) is 0 Å². The second kappa shape index (κ2) is 4.98. The molecule has 16 heavy (non-hydrogen) atoms. The zero-order valence-electron chi connectivity index (χ0n) is 10.0. The maximum Gasteiger partial charge on any atom is -0.00991 e. The van der Waals surface area contributed by atoms with Crippen molar-refractivity contribution in [3.05, 3.63) is 65.3 Å². The van der Waals surface area contributed by atoms with Crippen LogP contribution in [0.2, 0.25) is 0 Å². The first-order valence-electron chi connectivity index (χ1n) is 5.83. The van der Waals surface area contributed by atoms with E-state index in [1.807, 2.05) is 0 Å². The highest BCUT2D eigenvalue weighted by molar-refractivity contribution is 5.66. The number of allylic oxidation sites excluding steroid dienone is 6. The summed E-state index contributed by atoms with van der Waals surface area (Å²) in [6, 6.07) is 10.6. The van der Waals surface area contributed by atoms with E-state index in [-0.39, 0.29) is 0 Å². The Bertz CT molecular complexity index is 444. The predicted molar refractivity (Wildman–Crippen MR) is 71.2 cm³/mol. The molecule has 0 amide bonds. The molecule has 1 aliphatic rings. The van der Waals surface area contributed by atoms with E-state index in [0.717, 1.165) is 12.8 Å². The maximum atomic E-state index is 2.24. The Morgan fingerprint density at radius 1 is 1.12 bits per heavy atom. The van der Waals surface area contributed by atoms with Gasteiger partial charge >= 0.3 is 0 Å². The van der Waals surface area contributed by atoms with Crippen LogP contribution in [0.4, 0.5) is 0 Å². The Morgan fingerprint density at radius 3 is 2.50 bits per heavy atom. The quantitative estimate of drug-likeness (QED) is 0.675. The molecule has 0 heterocycles. The first-order valence-corrected chi connectivity index (χ1v) is 5.83. The van der Waals surface area contributed by atoms with Crippen LogP contribution in [0.5, 0.6) is 0 Å². The van der Waals surface area contributed by atoms with Crippen molar-refractivity contribution in [2.75, 3.05) is 0 Å². The Morgan fingerprint density at radius 2 is 1.88 bits per heavy atom. The molecule has 0 nitrogen and oxygen atoms in total. The Balaban J connectivity index is 2.15. The summed E-state index contributed by atoms with van der Waals surface area (Å²) in [5, 5.41) is 0. The minimum atomic E-state index is 1.10. The van der Waals surface area contributed by atoms with Crippen LogP contribution in [-0.2, 0) is 0 Å². The largest absolute Gasteiger partial charge is 0.0804 e. The van der Waals surface area contributed by atoms with Gasteiger partial charge in [0, 0.05) is 0 Å². The van der Waals surface area contributed by atoms with Gasteiger partial charge in [-0.25, -0.2) is 0 Å².